The van der Waals surface area contributed by atoms with Crippen LogP contribution in [0.4, 0.5) is 0 Å². The minimum absolute atomic E-state index is 0.0290. The van der Waals surface area contributed by atoms with Gasteiger partial charge in [-0.1, -0.05) is 56.7 Å². The normalized spacial score (nSPS) is 14.1. The standard InChI is InChI=1S/C16H23NO2/c1-12(16(2,3)4)10-15(19)17-14(11-18)13-8-6-5-7-9-13/h5-10,14,18H,11H2,1-4H3,(H,17,19)/b12-10-. The molecule has 1 atom stereocenters. The Morgan fingerprint density at radius 2 is 1.89 bits per heavy atom. The number of allylic oxidation sites excluding steroid dienone is 1. The second kappa shape index (κ2) is 6.53. The molecule has 104 valence electrons. The van der Waals surface area contributed by atoms with Crippen LogP contribution in [0, 0.1) is 5.41 Å². The van der Waals surface area contributed by atoms with Crippen LogP contribution in [0.5, 0.6) is 0 Å². The summed E-state index contributed by atoms with van der Waals surface area (Å²) in [5, 5.41) is 12.2. The summed E-state index contributed by atoms with van der Waals surface area (Å²) in [6, 6.07) is 9.10. The highest BCUT2D eigenvalue weighted by Crippen LogP contribution is 2.24. The van der Waals surface area contributed by atoms with E-state index in [1.54, 1.807) is 6.08 Å². The van der Waals surface area contributed by atoms with E-state index in [1.165, 1.54) is 0 Å². The topological polar surface area (TPSA) is 49.3 Å². The van der Waals surface area contributed by atoms with Gasteiger partial charge in [-0.3, -0.25) is 4.79 Å². The zero-order valence-electron chi connectivity index (χ0n) is 12.1. The lowest BCUT2D eigenvalue weighted by molar-refractivity contribution is -0.117. The van der Waals surface area contributed by atoms with Gasteiger partial charge in [0, 0.05) is 6.08 Å². The molecule has 0 radical (unpaired) electrons. The fourth-order valence-corrected chi connectivity index (χ4v) is 1.55. The third-order valence-electron chi connectivity index (χ3n) is 3.23. The van der Waals surface area contributed by atoms with Crippen LogP contribution in [-0.4, -0.2) is 17.6 Å². The van der Waals surface area contributed by atoms with Crippen LogP contribution in [0.1, 0.15) is 39.3 Å². The second-order valence-electron chi connectivity index (χ2n) is 5.73. The molecule has 0 heterocycles. The number of rotatable bonds is 4. The summed E-state index contributed by atoms with van der Waals surface area (Å²) in [7, 11) is 0. The number of benzene rings is 1. The number of hydrogen-bond donors (Lipinski definition) is 2. The van der Waals surface area contributed by atoms with Crippen LogP contribution in [0.15, 0.2) is 42.0 Å². The lowest BCUT2D eigenvalue weighted by atomic mass is 9.87. The van der Waals surface area contributed by atoms with E-state index in [0.717, 1.165) is 11.1 Å². The first-order chi connectivity index (χ1) is 8.84. The van der Waals surface area contributed by atoms with Crippen LogP contribution < -0.4 is 5.32 Å². The van der Waals surface area contributed by atoms with Crippen molar-refractivity contribution in [1.82, 2.24) is 5.32 Å². The first-order valence-corrected chi connectivity index (χ1v) is 6.49. The van der Waals surface area contributed by atoms with E-state index in [4.69, 9.17) is 0 Å². The molecule has 1 aromatic carbocycles. The molecule has 0 saturated heterocycles. The average Bonchev–Trinajstić information content (AvgIpc) is 2.35. The largest absolute Gasteiger partial charge is 0.394 e. The molecule has 3 heteroatoms. The fourth-order valence-electron chi connectivity index (χ4n) is 1.55. The maximum Gasteiger partial charge on any atom is 0.244 e. The highest BCUT2D eigenvalue weighted by molar-refractivity contribution is 5.88. The highest BCUT2D eigenvalue weighted by Gasteiger charge is 2.16. The summed E-state index contributed by atoms with van der Waals surface area (Å²) >= 11 is 0. The van der Waals surface area contributed by atoms with Crippen molar-refractivity contribution in [2.24, 2.45) is 5.41 Å². The predicted octanol–water partition coefficient (Wildman–Crippen LogP) is 2.83. The molecule has 19 heavy (non-hydrogen) atoms. The molecule has 0 aliphatic carbocycles. The smallest absolute Gasteiger partial charge is 0.244 e. The van der Waals surface area contributed by atoms with Crippen molar-refractivity contribution in [3.63, 3.8) is 0 Å². The summed E-state index contributed by atoms with van der Waals surface area (Å²) in [6.07, 6.45) is 1.60. The maximum atomic E-state index is 11.9. The molecule has 1 rings (SSSR count). The Labute approximate surface area is 115 Å². The van der Waals surface area contributed by atoms with Crippen molar-refractivity contribution in [3.8, 4) is 0 Å². The Bertz CT molecular complexity index is 444. The van der Waals surface area contributed by atoms with Crippen molar-refractivity contribution in [2.75, 3.05) is 6.61 Å². The molecule has 1 amide bonds. The van der Waals surface area contributed by atoms with Crippen molar-refractivity contribution >= 4 is 5.91 Å². The minimum Gasteiger partial charge on any atom is -0.394 e. The van der Waals surface area contributed by atoms with Gasteiger partial charge in [-0.2, -0.15) is 0 Å². The predicted molar refractivity (Wildman–Crippen MR) is 77.6 cm³/mol. The highest BCUT2D eigenvalue weighted by atomic mass is 16.3. The molecule has 2 N–H and O–H groups in total. The Kier molecular flexibility index (Phi) is 5.31. The quantitative estimate of drug-likeness (QED) is 0.819. The molecule has 0 aliphatic heterocycles. The van der Waals surface area contributed by atoms with Gasteiger partial charge in [-0.15, -0.1) is 0 Å². The van der Waals surface area contributed by atoms with Crippen LogP contribution in [0.25, 0.3) is 0 Å². The first kappa shape index (κ1) is 15.4. The molecule has 1 unspecified atom stereocenters. The molecule has 0 fully saturated rings. The third kappa shape index (κ3) is 4.87. The summed E-state index contributed by atoms with van der Waals surface area (Å²) < 4.78 is 0. The Balaban J connectivity index is 2.75. The summed E-state index contributed by atoms with van der Waals surface area (Å²) in [5.41, 5.74) is 1.88. The van der Waals surface area contributed by atoms with E-state index >= 15 is 0 Å². The van der Waals surface area contributed by atoms with E-state index in [-0.39, 0.29) is 24.0 Å². The zero-order valence-corrected chi connectivity index (χ0v) is 12.1. The number of nitrogens with one attached hydrogen (secondary N) is 1. The molecule has 0 aromatic heterocycles. The molecule has 0 aliphatic rings. The van der Waals surface area contributed by atoms with Crippen molar-refractivity contribution < 1.29 is 9.90 Å². The molecular formula is C16H23NO2. The number of hydrogen-bond acceptors (Lipinski definition) is 2. The lowest BCUT2D eigenvalue weighted by Gasteiger charge is -2.20. The number of carbonyl (C=O) groups is 1. The van der Waals surface area contributed by atoms with Gasteiger partial charge in [0.05, 0.1) is 12.6 Å². The Hall–Kier alpha value is -1.61. The van der Waals surface area contributed by atoms with Crippen molar-refractivity contribution in [1.29, 1.82) is 0 Å². The van der Waals surface area contributed by atoms with Gasteiger partial charge in [-0.05, 0) is 17.9 Å². The molecule has 0 bridgehead atoms. The Morgan fingerprint density at radius 1 is 1.32 bits per heavy atom. The zero-order chi connectivity index (χ0) is 14.5. The summed E-state index contributed by atoms with van der Waals surface area (Å²) in [4.78, 5) is 11.9. The first-order valence-electron chi connectivity index (χ1n) is 6.49. The van der Waals surface area contributed by atoms with Crippen LogP contribution in [0.2, 0.25) is 0 Å². The van der Waals surface area contributed by atoms with Crippen molar-refractivity contribution in [2.45, 2.75) is 33.7 Å². The van der Waals surface area contributed by atoms with Gasteiger partial charge in [-0.25, -0.2) is 0 Å². The number of aliphatic hydroxyl groups is 1. The van der Waals surface area contributed by atoms with Crippen LogP contribution >= 0.6 is 0 Å². The van der Waals surface area contributed by atoms with E-state index in [9.17, 15) is 9.90 Å². The second-order valence-corrected chi connectivity index (χ2v) is 5.73. The van der Waals surface area contributed by atoms with Crippen LogP contribution in [-0.2, 0) is 4.79 Å². The van der Waals surface area contributed by atoms with Gasteiger partial charge < -0.3 is 10.4 Å². The van der Waals surface area contributed by atoms with Crippen molar-refractivity contribution in [3.05, 3.63) is 47.5 Å². The van der Waals surface area contributed by atoms with Gasteiger partial charge >= 0.3 is 0 Å². The van der Waals surface area contributed by atoms with Gasteiger partial charge in [0.1, 0.15) is 0 Å². The molecular weight excluding hydrogens is 238 g/mol. The summed E-state index contributed by atoms with van der Waals surface area (Å²) in [6.45, 7) is 8.01. The molecule has 1 aromatic rings. The molecule has 0 saturated carbocycles. The van der Waals surface area contributed by atoms with E-state index in [0.29, 0.717) is 0 Å². The number of carbonyl (C=O) groups excluding carboxylic acids is 1. The third-order valence-corrected chi connectivity index (χ3v) is 3.23. The minimum atomic E-state index is -0.363. The SMILES string of the molecule is C/C(=C/C(=O)NC(CO)c1ccccc1)C(C)(C)C. The van der Waals surface area contributed by atoms with E-state index < -0.39 is 0 Å². The molecule has 0 spiro atoms. The monoisotopic (exact) mass is 261 g/mol. The Morgan fingerprint density at radius 3 is 2.37 bits per heavy atom. The average molecular weight is 261 g/mol. The lowest BCUT2D eigenvalue weighted by Crippen LogP contribution is -2.30. The number of amides is 1. The van der Waals surface area contributed by atoms with E-state index in [1.807, 2.05) is 37.3 Å². The summed E-state index contributed by atoms with van der Waals surface area (Å²) in [5.74, 6) is -0.171. The fraction of sp³-hybridized carbons (Fsp3) is 0.438. The van der Waals surface area contributed by atoms with E-state index in [2.05, 4.69) is 26.1 Å². The maximum absolute atomic E-state index is 11.9. The number of aliphatic hydroxyl groups excluding tert-OH is 1. The van der Waals surface area contributed by atoms with Gasteiger partial charge in [0.2, 0.25) is 5.91 Å². The van der Waals surface area contributed by atoms with Crippen LogP contribution in [0.3, 0.4) is 0 Å². The van der Waals surface area contributed by atoms with Gasteiger partial charge in [0.25, 0.3) is 0 Å². The molecule has 3 nitrogen and oxygen atoms in total. The van der Waals surface area contributed by atoms with Gasteiger partial charge in [0.15, 0.2) is 0 Å².